The second-order valence-corrected chi connectivity index (χ2v) is 6.12. The van der Waals surface area contributed by atoms with Gasteiger partial charge in [0.05, 0.1) is 13.7 Å². The van der Waals surface area contributed by atoms with Crippen molar-refractivity contribution in [3.63, 3.8) is 0 Å². The molecule has 0 spiro atoms. The molecule has 1 fully saturated rings. The average Bonchev–Trinajstić information content (AvgIpc) is 3.43. The Bertz CT molecular complexity index is 564. The molecule has 1 aromatic carbocycles. The standard InChI is InChI=1S/C18H30N4O2.HI/c1-6-24-16-10-7-14(11-17(16)23-5)21-18(19-3)20-12-13(2)22(4)15-8-9-15;/h7,10-11,13,15H,6,8-9,12H2,1-5H3,(H2,19,20,21);1H. The average molecular weight is 462 g/mol. The molecule has 1 atom stereocenters. The Morgan fingerprint density at radius 2 is 2.08 bits per heavy atom. The van der Waals surface area contributed by atoms with Crippen molar-refractivity contribution in [2.75, 3.05) is 39.7 Å². The summed E-state index contributed by atoms with van der Waals surface area (Å²) in [5.74, 6) is 2.20. The van der Waals surface area contributed by atoms with E-state index >= 15 is 0 Å². The molecule has 25 heavy (non-hydrogen) atoms. The maximum absolute atomic E-state index is 5.54. The van der Waals surface area contributed by atoms with Crippen molar-refractivity contribution in [2.24, 2.45) is 4.99 Å². The van der Waals surface area contributed by atoms with Crippen LogP contribution in [0.1, 0.15) is 26.7 Å². The van der Waals surface area contributed by atoms with Crippen LogP contribution in [0.2, 0.25) is 0 Å². The number of methoxy groups -OCH3 is 1. The lowest BCUT2D eigenvalue weighted by Gasteiger charge is -2.25. The van der Waals surface area contributed by atoms with Crippen LogP contribution in [-0.2, 0) is 0 Å². The zero-order chi connectivity index (χ0) is 17.5. The number of guanidine groups is 1. The lowest BCUT2D eigenvalue weighted by Crippen LogP contribution is -2.43. The smallest absolute Gasteiger partial charge is 0.195 e. The fraction of sp³-hybridized carbons (Fsp3) is 0.611. The topological polar surface area (TPSA) is 58.1 Å². The van der Waals surface area contributed by atoms with Crippen LogP contribution in [0.15, 0.2) is 23.2 Å². The summed E-state index contributed by atoms with van der Waals surface area (Å²) < 4.78 is 10.9. The zero-order valence-electron chi connectivity index (χ0n) is 15.8. The summed E-state index contributed by atoms with van der Waals surface area (Å²) in [7, 11) is 5.61. The van der Waals surface area contributed by atoms with Crippen molar-refractivity contribution in [1.82, 2.24) is 10.2 Å². The SMILES string of the molecule is CCOc1ccc(NC(=NC)NCC(C)N(C)C2CC2)cc1OC.I. The fourth-order valence-corrected chi connectivity index (χ4v) is 2.57. The minimum absolute atomic E-state index is 0. The third-order valence-electron chi connectivity index (χ3n) is 4.33. The molecule has 1 aliphatic rings. The molecule has 7 heteroatoms. The molecule has 142 valence electrons. The largest absolute Gasteiger partial charge is 0.493 e. The summed E-state index contributed by atoms with van der Waals surface area (Å²) >= 11 is 0. The first kappa shape index (κ1) is 21.8. The number of anilines is 1. The molecule has 0 amide bonds. The number of nitrogens with one attached hydrogen (secondary N) is 2. The molecule has 2 rings (SSSR count). The summed E-state index contributed by atoms with van der Waals surface area (Å²) in [6.45, 7) is 5.65. The second kappa shape index (κ2) is 10.7. The molecule has 0 radical (unpaired) electrons. The van der Waals surface area contributed by atoms with Gasteiger partial charge in [0.1, 0.15) is 0 Å². The number of benzene rings is 1. The van der Waals surface area contributed by atoms with Gasteiger partial charge in [-0.1, -0.05) is 0 Å². The van der Waals surface area contributed by atoms with E-state index in [1.54, 1.807) is 14.2 Å². The van der Waals surface area contributed by atoms with E-state index in [4.69, 9.17) is 9.47 Å². The number of aliphatic imine (C=N–C) groups is 1. The maximum Gasteiger partial charge on any atom is 0.195 e. The van der Waals surface area contributed by atoms with E-state index < -0.39 is 0 Å². The normalized spacial score (nSPS) is 15.4. The maximum atomic E-state index is 5.54. The van der Waals surface area contributed by atoms with Crippen molar-refractivity contribution < 1.29 is 9.47 Å². The highest BCUT2D eigenvalue weighted by Crippen LogP contribution is 2.30. The Balaban J connectivity index is 0.00000312. The van der Waals surface area contributed by atoms with Gasteiger partial charge < -0.3 is 20.1 Å². The Labute approximate surface area is 168 Å². The van der Waals surface area contributed by atoms with Crippen LogP contribution in [0.4, 0.5) is 5.69 Å². The molecule has 0 aromatic heterocycles. The van der Waals surface area contributed by atoms with E-state index in [2.05, 4.69) is 34.5 Å². The third kappa shape index (κ3) is 6.54. The number of halogens is 1. The Morgan fingerprint density at radius 1 is 1.36 bits per heavy atom. The van der Waals surface area contributed by atoms with Gasteiger partial charge in [0.15, 0.2) is 17.5 Å². The van der Waals surface area contributed by atoms with Crippen LogP contribution in [0.3, 0.4) is 0 Å². The first-order chi connectivity index (χ1) is 11.6. The molecule has 0 aliphatic heterocycles. The molecular formula is C18H31IN4O2. The molecule has 1 aromatic rings. The molecule has 2 N–H and O–H groups in total. The minimum atomic E-state index is 0. The van der Waals surface area contributed by atoms with Crippen LogP contribution >= 0.6 is 24.0 Å². The van der Waals surface area contributed by atoms with Crippen LogP contribution in [0, 0.1) is 0 Å². The molecule has 0 saturated heterocycles. The monoisotopic (exact) mass is 462 g/mol. The van der Waals surface area contributed by atoms with E-state index in [0.29, 0.717) is 18.4 Å². The Morgan fingerprint density at radius 3 is 2.64 bits per heavy atom. The van der Waals surface area contributed by atoms with E-state index in [0.717, 1.165) is 30.0 Å². The van der Waals surface area contributed by atoms with Gasteiger partial charge in [0.2, 0.25) is 0 Å². The first-order valence-corrected chi connectivity index (χ1v) is 8.59. The van der Waals surface area contributed by atoms with Gasteiger partial charge >= 0.3 is 0 Å². The predicted molar refractivity (Wildman–Crippen MR) is 115 cm³/mol. The van der Waals surface area contributed by atoms with Crippen molar-refractivity contribution >= 4 is 35.6 Å². The number of hydrogen-bond donors (Lipinski definition) is 2. The number of nitrogens with zero attached hydrogens (tertiary/aromatic N) is 2. The molecular weight excluding hydrogens is 431 g/mol. The quantitative estimate of drug-likeness (QED) is 0.353. The van der Waals surface area contributed by atoms with Crippen LogP contribution < -0.4 is 20.1 Å². The molecule has 0 bridgehead atoms. The highest BCUT2D eigenvalue weighted by Gasteiger charge is 2.28. The first-order valence-electron chi connectivity index (χ1n) is 8.59. The second-order valence-electron chi connectivity index (χ2n) is 6.12. The van der Waals surface area contributed by atoms with Gasteiger partial charge in [0, 0.05) is 37.4 Å². The number of ether oxygens (including phenoxy) is 2. The van der Waals surface area contributed by atoms with Crippen molar-refractivity contribution in [3.8, 4) is 11.5 Å². The van der Waals surface area contributed by atoms with Crippen LogP contribution in [0.25, 0.3) is 0 Å². The van der Waals surface area contributed by atoms with Gasteiger partial charge in [-0.3, -0.25) is 9.89 Å². The molecule has 1 unspecified atom stereocenters. The van der Waals surface area contributed by atoms with Crippen molar-refractivity contribution in [2.45, 2.75) is 38.8 Å². The van der Waals surface area contributed by atoms with E-state index in [-0.39, 0.29) is 24.0 Å². The molecule has 1 saturated carbocycles. The highest BCUT2D eigenvalue weighted by atomic mass is 127. The van der Waals surface area contributed by atoms with Gasteiger partial charge in [-0.15, -0.1) is 24.0 Å². The Hall–Kier alpha value is -1.22. The fourth-order valence-electron chi connectivity index (χ4n) is 2.57. The zero-order valence-corrected chi connectivity index (χ0v) is 18.2. The summed E-state index contributed by atoms with van der Waals surface area (Å²) in [6.07, 6.45) is 2.64. The highest BCUT2D eigenvalue weighted by molar-refractivity contribution is 14.0. The van der Waals surface area contributed by atoms with Gasteiger partial charge in [0.25, 0.3) is 0 Å². The van der Waals surface area contributed by atoms with E-state index in [1.165, 1.54) is 12.8 Å². The van der Waals surface area contributed by atoms with Crippen molar-refractivity contribution in [3.05, 3.63) is 18.2 Å². The van der Waals surface area contributed by atoms with Crippen LogP contribution in [0.5, 0.6) is 11.5 Å². The van der Waals surface area contributed by atoms with Crippen LogP contribution in [-0.4, -0.2) is 57.3 Å². The Kier molecular flexibility index (Phi) is 9.34. The lowest BCUT2D eigenvalue weighted by atomic mass is 10.2. The van der Waals surface area contributed by atoms with Gasteiger partial charge in [-0.2, -0.15) is 0 Å². The summed E-state index contributed by atoms with van der Waals surface area (Å²) in [5, 5.41) is 6.68. The summed E-state index contributed by atoms with van der Waals surface area (Å²) in [5.41, 5.74) is 0.909. The lowest BCUT2D eigenvalue weighted by molar-refractivity contribution is 0.248. The van der Waals surface area contributed by atoms with Gasteiger partial charge in [-0.25, -0.2) is 0 Å². The minimum Gasteiger partial charge on any atom is -0.493 e. The summed E-state index contributed by atoms with van der Waals surface area (Å²) in [6, 6.07) is 7.00. The predicted octanol–water partition coefficient (Wildman–Crippen LogP) is 3.18. The molecule has 0 heterocycles. The van der Waals surface area contributed by atoms with Gasteiger partial charge in [-0.05, 0) is 45.9 Å². The molecule has 1 aliphatic carbocycles. The number of rotatable bonds is 8. The van der Waals surface area contributed by atoms with Crippen molar-refractivity contribution in [1.29, 1.82) is 0 Å². The summed E-state index contributed by atoms with van der Waals surface area (Å²) in [4.78, 5) is 6.72. The third-order valence-corrected chi connectivity index (χ3v) is 4.33. The van der Waals surface area contributed by atoms with E-state index in [9.17, 15) is 0 Å². The van der Waals surface area contributed by atoms with E-state index in [1.807, 2.05) is 25.1 Å². The number of likely N-dealkylation sites (N-methyl/N-ethyl adjacent to an activating group) is 1. The number of hydrogen-bond acceptors (Lipinski definition) is 4. The molecule has 6 nitrogen and oxygen atoms in total.